The van der Waals surface area contributed by atoms with Crippen LogP contribution in [0.2, 0.25) is 0 Å². The van der Waals surface area contributed by atoms with Crippen molar-refractivity contribution < 1.29 is 4.74 Å². The number of rotatable bonds is 4. The van der Waals surface area contributed by atoms with Crippen molar-refractivity contribution in [2.45, 2.75) is 45.6 Å². The van der Waals surface area contributed by atoms with Gasteiger partial charge in [0.15, 0.2) is 5.65 Å². The molecular weight excluding hydrogens is 304 g/mol. The molecule has 3 rings (SSSR count). The summed E-state index contributed by atoms with van der Waals surface area (Å²) >= 11 is 0. The third-order valence-corrected chi connectivity index (χ3v) is 4.34. The third-order valence-electron chi connectivity index (χ3n) is 4.34. The molecule has 0 spiro atoms. The number of fused-ring (bicyclic) bond motifs is 1. The summed E-state index contributed by atoms with van der Waals surface area (Å²) in [6.07, 6.45) is 3.19. The zero-order valence-electron chi connectivity index (χ0n) is 14.8. The first-order chi connectivity index (χ1) is 11.3. The Bertz CT molecular complexity index is 811. The number of nitrogens with zero attached hydrogens (tertiary/aromatic N) is 2. The summed E-state index contributed by atoms with van der Waals surface area (Å²) in [6.45, 7) is 10.6. The lowest BCUT2D eigenvalue weighted by Gasteiger charge is -2.17. The Kier molecular flexibility index (Phi) is 4.60. The fourth-order valence-electron chi connectivity index (χ4n) is 2.74. The Hall–Kier alpha value is -1.92. The maximum atomic E-state index is 12.4. The minimum Gasteiger partial charge on any atom is -0.377 e. The Morgan fingerprint density at radius 3 is 2.88 bits per heavy atom. The average Bonchev–Trinajstić information content (AvgIpc) is 2.98. The number of aromatic nitrogens is 3. The summed E-state index contributed by atoms with van der Waals surface area (Å²) < 4.78 is 6.96. The van der Waals surface area contributed by atoms with Gasteiger partial charge >= 0.3 is 0 Å². The molecule has 2 aromatic rings. The molecule has 1 atom stereocenters. The van der Waals surface area contributed by atoms with Crippen LogP contribution in [-0.2, 0) is 10.2 Å². The zero-order valence-corrected chi connectivity index (χ0v) is 14.8. The summed E-state index contributed by atoms with van der Waals surface area (Å²) in [5.41, 5.74) is 3.53. The highest BCUT2D eigenvalue weighted by molar-refractivity contribution is 5.41. The van der Waals surface area contributed by atoms with Gasteiger partial charge in [-0.05, 0) is 18.9 Å². The normalized spacial score (nSPS) is 17.1. The molecule has 3 heterocycles. The second kappa shape index (κ2) is 6.53. The second-order valence-electron chi connectivity index (χ2n) is 7.44. The van der Waals surface area contributed by atoms with E-state index < -0.39 is 0 Å². The van der Waals surface area contributed by atoms with Gasteiger partial charge in [-0.3, -0.25) is 9.89 Å². The molecule has 0 saturated carbocycles. The van der Waals surface area contributed by atoms with Gasteiger partial charge in [0.25, 0.3) is 5.56 Å². The third kappa shape index (κ3) is 3.60. The van der Waals surface area contributed by atoms with Gasteiger partial charge in [0.2, 0.25) is 0 Å². The van der Waals surface area contributed by atoms with Crippen molar-refractivity contribution in [1.29, 1.82) is 0 Å². The number of aromatic amines is 1. The van der Waals surface area contributed by atoms with E-state index in [2.05, 4.69) is 42.2 Å². The second-order valence-corrected chi connectivity index (χ2v) is 7.44. The molecule has 2 aromatic heterocycles. The van der Waals surface area contributed by atoms with Gasteiger partial charge in [0.05, 0.1) is 18.9 Å². The molecule has 24 heavy (non-hydrogen) atoms. The van der Waals surface area contributed by atoms with Crippen molar-refractivity contribution in [3.8, 4) is 0 Å². The largest absolute Gasteiger partial charge is 0.377 e. The van der Waals surface area contributed by atoms with Gasteiger partial charge in [-0.2, -0.15) is 0 Å². The first-order valence-corrected chi connectivity index (χ1v) is 8.47. The predicted molar refractivity (Wildman–Crippen MR) is 94.4 cm³/mol. The molecule has 0 bridgehead atoms. The van der Waals surface area contributed by atoms with E-state index in [0.29, 0.717) is 12.3 Å². The first-order valence-electron chi connectivity index (χ1n) is 8.47. The average molecular weight is 330 g/mol. The molecule has 130 valence electrons. The van der Waals surface area contributed by atoms with E-state index in [9.17, 15) is 4.79 Å². The minimum absolute atomic E-state index is 0.00138. The van der Waals surface area contributed by atoms with Crippen LogP contribution in [0.5, 0.6) is 0 Å². The topological polar surface area (TPSA) is 71.4 Å². The lowest BCUT2D eigenvalue weighted by molar-refractivity contribution is 0.148. The molecule has 2 N–H and O–H groups in total. The van der Waals surface area contributed by atoms with Gasteiger partial charge in [-0.15, -0.1) is 0 Å². The SMILES string of the molecule is C[C@@H](NCC1=CCCOC1)c1cc(=O)n2[nH]c(C(C)(C)C)cc2n1. The van der Waals surface area contributed by atoms with Crippen molar-refractivity contribution in [3.63, 3.8) is 0 Å². The Morgan fingerprint density at radius 1 is 1.42 bits per heavy atom. The van der Waals surface area contributed by atoms with Gasteiger partial charge in [-0.25, -0.2) is 9.50 Å². The van der Waals surface area contributed by atoms with E-state index in [-0.39, 0.29) is 17.0 Å². The van der Waals surface area contributed by atoms with E-state index in [1.54, 1.807) is 6.07 Å². The van der Waals surface area contributed by atoms with Crippen LogP contribution in [0.3, 0.4) is 0 Å². The van der Waals surface area contributed by atoms with E-state index >= 15 is 0 Å². The van der Waals surface area contributed by atoms with Crippen LogP contribution >= 0.6 is 0 Å². The Labute approximate surface area is 141 Å². The van der Waals surface area contributed by atoms with Gasteiger partial charge in [0.1, 0.15) is 0 Å². The van der Waals surface area contributed by atoms with Crippen LogP contribution in [0.15, 0.2) is 28.6 Å². The Morgan fingerprint density at radius 2 is 2.21 bits per heavy atom. The zero-order chi connectivity index (χ0) is 17.3. The fourth-order valence-corrected chi connectivity index (χ4v) is 2.74. The molecule has 0 unspecified atom stereocenters. The molecule has 1 aliphatic heterocycles. The van der Waals surface area contributed by atoms with Crippen molar-refractivity contribution >= 4 is 5.65 Å². The maximum absolute atomic E-state index is 12.4. The fraction of sp³-hybridized carbons (Fsp3) is 0.556. The lowest BCUT2D eigenvalue weighted by atomic mass is 9.93. The minimum atomic E-state index is -0.0839. The molecule has 6 nitrogen and oxygen atoms in total. The van der Waals surface area contributed by atoms with Crippen molar-refractivity contribution in [2.24, 2.45) is 0 Å². The molecule has 0 saturated heterocycles. The highest BCUT2D eigenvalue weighted by atomic mass is 16.5. The summed E-state index contributed by atoms with van der Waals surface area (Å²) in [5, 5.41) is 6.58. The van der Waals surface area contributed by atoms with Gasteiger partial charge in [-0.1, -0.05) is 26.8 Å². The number of nitrogens with one attached hydrogen (secondary N) is 2. The van der Waals surface area contributed by atoms with Crippen molar-refractivity contribution in [2.75, 3.05) is 19.8 Å². The number of H-pyrrole nitrogens is 1. The predicted octanol–water partition coefficient (Wildman–Crippen LogP) is 2.32. The van der Waals surface area contributed by atoms with E-state index in [1.165, 1.54) is 10.1 Å². The van der Waals surface area contributed by atoms with Crippen LogP contribution in [0.1, 0.15) is 51.5 Å². The van der Waals surface area contributed by atoms with Crippen LogP contribution in [0.4, 0.5) is 0 Å². The van der Waals surface area contributed by atoms with E-state index in [0.717, 1.165) is 31.0 Å². The molecule has 0 fully saturated rings. The standard InChI is InChI=1S/C18H26N4O2/c1-12(19-10-13-6-5-7-24-11-13)14-8-17(23)22-16(20-14)9-15(21-22)18(2,3)4/h6,8-9,12,19,21H,5,7,10-11H2,1-4H3/t12-/m1/s1. The smallest absolute Gasteiger partial charge is 0.272 e. The molecule has 0 radical (unpaired) electrons. The van der Waals surface area contributed by atoms with Crippen molar-refractivity contribution in [1.82, 2.24) is 19.9 Å². The van der Waals surface area contributed by atoms with E-state index in [4.69, 9.17) is 4.74 Å². The highest BCUT2D eigenvalue weighted by Crippen LogP contribution is 2.21. The number of hydrogen-bond acceptors (Lipinski definition) is 4. The first kappa shape index (κ1) is 16.9. The molecule has 0 amide bonds. The van der Waals surface area contributed by atoms with Crippen LogP contribution in [0, 0.1) is 0 Å². The summed E-state index contributed by atoms with van der Waals surface area (Å²) in [7, 11) is 0. The van der Waals surface area contributed by atoms with Crippen LogP contribution in [-0.4, -0.2) is 34.4 Å². The summed E-state index contributed by atoms with van der Waals surface area (Å²) in [6, 6.07) is 3.55. The monoisotopic (exact) mass is 330 g/mol. The molecule has 0 aromatic carbocycles. The van der Waals surface area contributed by atoms with Crippen molar-refractivity contribution in [3.05, 3.63) is 45.5 Å². The summed E-state index contributed by atoms with van der Waals surface area (Å²) in [5.74, 6) is 0. The molecule has 6 heteroatoms. The number of hydrogen-bond donors (Lipinski definition) is 2. The maximum Gasteiger partial charge on any atom is 0.272 e. The quantitative estimate of drug-likeness (QED) is 0.844. The van der Waals surface area contributed by atoms with E-state index in [1.807, 2.05) is 13.0 Å². The molecule has 1 aliphatic rings. The van der Waals surface area contributed by atoms with Crippen LogP contribution in [0.25, 0.3) is 5.65 Å². The van der Waals surface area contributed by atoms with Gasteiger partial charge in [0, 0.05) is 35.8 Å². The Balaban J connectivity index is 1.81. The highest BCUT2D eigenvalue weighted by Gasteiger charge is 2.19. The lowest BCUT2D eigenvalue weighted by Crippen LogP contribution is -2.26. The molecular formula is C18H26N4O2. The van der Waals surface area contributed by atoms with Gasteiger partial charge < -0.3 is 10.1 Å². The summed E-state index contributed by atoms with van der Waals surface area (Å²) in [4.78, 5) is 17.0. The van der Waals surface area contributed by atoms with Crippen LogP contribution < -0.4 is 10.9 Å². The number of ether oxygens (including phenoxy) is 1. The molecule has 0 aliphatic carbocycles.